The molecule has 1 aliphatic rings. The summed E-state index contributed by atoms with van der Waals surface area (Å²) in [5.41, 5.74) is 3.34. The minimum absolute atomic E-state index is 0.154. The number of benzene rings is 1. The molecule has 0 radical (unpaired) electrons. The lowest BCUT2D eigenvalue weighted by atomic mass is 9.87. The summed E-state index contributed by atoms with van der Waals surface area (Å²) >= 11 is 0. The zero-order chi connectivity index (χ0) is 19.6. The van der Waals surface area contributed by atoms with E-state index >= 15 is 0 Å². The largest absolute Gasteiger partial charge is 0.508 e. The number of aromatic hydroxyl groups is 1. The first-order chi connectivity index (χ1) is 12.2. The van der Waals surface area contributed by atoms with Crippen LogP contribution in [0.3, 0.4) is 0 Å². The molecule has 26 heavy (non-hydrogen) atoms. The van der Waals surface area contributed by atoms with Crippen LogP contribution in [0.4, 0.5) is 0 Å². The van der Waals surface area contributed by atoms with Gasteiger partial charge in [0.1, 0.15) is 11.5 Å². The van der Waals surface area contributed by atoms with Crippen molar-refractivity contribution in [1.29, 1.82) is 0 Å². The Morgan fingerprint density at radius 2 is 1.73 bits per heavy atom. The number of phenols is 1. The summed E-state index contributed by atoms with van der Waals surface area (Å²) in [6.45, 7) is 10.4. The molecule has 2 rings (SSSR count). The van der Waals surface area contributed by atoms with Crippen molar-refractivity contribution in [2.24, 2.45) is 5.41 Å². The molecule has 1 aromatic carbocycles. The predicted octanol–water partition coefficient (Wildman–Crippen LogP) is 6.35. The SMILES string of the molecule is CC(=O)Oc1ccc(O)cc1.CC1=CCCC(C)=CCC(C)(C)C=CC1. The molecular weight excluding hydrogens is 324 g/mol. The third-order valence-electron chi connectivity index (χ3n) is 4.12. The lowest BCUT2D eigenvalue weighted by Crippen LogP contribution is -2.05. The van der Waals surface area contributed by atoms with Crippen LogP contribution in [0.2, 0.25) is 0 Å². The normalized spacial score (nSPS) is 17.0. The first-order valence-corrected chi connectivity index (χ1v) is 9.14. The molecule has 0 heterocycles. The highest BCUT2D eigenvalue weighted by Gasteiger charge is 2.11. The summed E-state index contributed by atoms with van der Waals surface area (Å²) in [6.07, 6.45) is 14.1. The predicted molar refractivity (Wildman–Crippen MR) is 108 cm³/mol. The maximum absolute atomic E-state index is 10.4. The zero-order valence-corrected chi connectivity index (χ0v) is 16.7. The van der Waals surface area contributed by atoms with Gasteiger partial charge in [0.2, 0.25) is 0 Å². The number of rotatable bonds is 1. The summed E-state index contributed by atoms with van der Waals surface area (Å²) in [7, 11) is 0. The Labute approximate surface area is 158 Å². The van der Waals surface area contributed by atoms with E-state index in [0.717, 1.165) is 12.8 Å². The van der Waals surface area contributed by atoms with Crippen molar-refractivity contribution in [3.63, 3.8) is 0 Å². The van der Waals surface area contributed by atoms with E-state index in [-0.39, 0.29) is 11.7 Å². The number of hydrogen-bond donors (Lipinski definition) is 1. The second kappa shape index (κ2) is 10.6. The van der Waals surface area contributed by atoms with E-state index in [9.17, 15) is 4.79 Å². The van der Waals surface area contributed by atoms with Gasteiger partial charge in [-0.05, 0) is 69.2 Å². The molecule has 1 N–H and O–H groups in total. The molecule has 1 aliphatic carbocycles. The van der Waals surface area contributed by atoms with Crippen LogP contribution in [0.15, 0.2) is 59.7 Å². The van der Waals surface area contributed by atoms with Gasteiger partial charge in [-0.1, -0.05) is 49.3 Å². The van der Waals surface area contributed by atoms with E-state index < -0.39 is 0 Å². The Bertz CT molecular complexity index is 661. The summed E-state index contributed by atoms with van der Waals surface area (Å²) in [4.78, 5) is 10.4. The smallest absolute Gasteiger partial charge is 0.308 e. The van der Waals surface area contributed by atoms with Gasteiger partial charge < -0.3 is 9.84 Å². The highest BCUT2D eigenvalue weighted by atomic mass is 16.5. The number of allylic oxidation sites excluding steroid dienone is 6. The highest BCUT2D eigenvalue weighted by molar-refractivity contribution is 5.69. The van der Waals surface area contributed by atoms with Crippen LogP contribution in [0.5, 0.6) is 11.5 Å². The van der Waals surface area contributed by atoms with Gasteiger partial charge in [-0.3, -0.25) is 4.79 Å². The highest BCUT2D eigenvalue weighted by Crippen LogP contribution is 2.25. The summed E-state index contributed by atoms with van der Waals surface area (Å²) in [6, 6.07) is 5.96. The molecule has 0 aromatic heterocycles. The second-order valence-corrected chi connectivity index (χ2v) is 7.53. The van der Waals surface area contributed by atoms with Gasteiger partial charge in [0.15, 0.2) is 0 Å². The number of hydrogen-bond acceptors (Lipinski definition) is 3. The topological polar surface area (TPSA) is 46.5 Å². The monoisotopic (exact) mass is 356 g/mol. The van der Waals surface area contributed by atoms with E-state index in [1.807, 2.05) is 0 Å². The van der Waals surface area contributed by atoms with Gasteiger partial charge in [-0.15, -0.1) is 0 Å². The molecule has 0 aliphatic heterocycles. The van der Waals surface area contributed by atoms with Crippen molar-refractivity contribution in [2.45, 2.75) is 60.3 Å². The number of carbonyl (C=O) groups excluding carboxylic acids is 1. The molecular formula is C23H32O3. The molecule has 3 nitrogen and oxygen atoms in total. The van der Waals surface area contributed by atoms with Crippen LogP contribution < -0.4 is 4.74 Å². The fraction of sp³-hybridized carbons (Fsp3) is 0.435. The van der Waals surface area contributed by atoms with Crippen molar-refractivity contribution in [3.05, 3.63) is 59.7 Å². The minimum atomic E-state index is -0.365. The molecule has 0 saturated heterocycles. The van der Waals surface area contributed by atoms with Gasteiger partial charge in [0.05, 0.1) is 0 Å². The first kappa shape index (κ1) is 21.8. The maximum atomic E-state index is 10.4. The Morgan fingerprint density at radius 1 is 1.08 bits per heavy atom. The molecule has 0 saturated carbocycles. The Hall–Kier alpha value is -2.29. The van der Waals surface area contributed by atoms with Gasteiger partial charge >= 0.3 is 5.97 Å². The molecule has 0 bridgehead atoms. The third-order valence-corrected chi connectivity index (χ3v) is 4.12. The maximum Gasteiger partial charge on any atom is 0.308 e. The van der Waals surface area contributed by atoms with E-state index in [4.69, 9.17) is 9.84 Å². The quantitative estimate of drug-likeness (QED) is 0.362. The number of phenolic OH excluding ortho intramolecular Hbond substituents is 1. The molecule has 1 aromatic rings. The number of esters is 1. The van der Waals surface area contributed by atoms with Crippen LogP contribution in [-0.4, -0.2) is 11.1 Å². The molecule has 3 heteroatoms. The lowest BCUT2D eigenvalue weighted by molar-refractivity contribution is -0.131. The molecule has 0 atom stereocenters. The Balaban J connectivity index is 0.000000273. The summed E-state index contributed by atoms with van der Waals surface area (Å²) in [5.74, 6) is 0.229. The molecule has 0 amide bonds. The van der Waals surface area contributed by atoms with Crippen molar-refractivity contribution in [2.75, 3.05) is 0 Å². The van der Waals surface area contributed by atoms with Gasteiger partial charge in [0.25, 0.3) is 0 Å². The molecule has 142 valence electrons. The van der Waals surface area contributed by atoms with Crippen molar-refractivity contribution < 1.29 is 14.6 Å². The van der Waals surface area contributed by atoms with Crippen molar-refractivity contribution in [3.8, 4) is 11.5 Å². The number of ether oxygens (including phenoxy) is 1. The average Bonchev–Trinajstić information content (AvgIpc) is 2.57. The van der Waals surface area contributed by atoms with E-state index in [0.29, 0.717) is 11.2 Å². The summed E-state index contributed by atoms with van der Waals surface area (Å²) in [5, 5.41) is 8.85. The fourth-order valence-electron chi connectivity index (χ4n) is 2.48. The third kappa shape index (κ3) is 9.87. The van der Waals surface area contributed by atoms with Gasteiger partial charge in [-0.2, -0.15) is 0 Å². The first-order valence-electron chi connectivity index (χ1n) is 9.14. The lowest BCUT2D eigenvalue weighted by Gasteiger charge is -2.18. The van der Waals surface area contributed by atoms with Crippen LogP contribution in [0.1, 0.15) is 60.3 Å². The van der Waals surface area contributed by atoms with E-state index in [2.05, 4.69) is 52.0 Å². The number of carbonyl (C=O) groups is 1. The van der Waals surface area contributed by atoms with E-state index in [1.54, 1.807) is 0 Å². The van der Waals surface area contributed by atoms with Crippen LogP contribution >= 0.6 is 0 Å². The Morgan fingerprint density at radius 3 is 2.35 bits per heavy atom. The van der Waals surface area contributed by atoms with Crippen molar-refractivity contribution in [1.82, 2.24) is 0 Å². The average molecular weight is 357 g/mol. The van der Waals surface area contributed by atoms with Crippen LogP contribution in [0, 0.1) is 5.41 Å². The standard InChI is InChI=1S/C15H24.C8H8O3/c1-13-7-5-8-14(2)10-12-15(3,4)11-6-9-13;1-6(9)11-8-4-2-7(10)3-5-8/h6-7,10-11H,5,8-9,12H2,1-4H3;2-5,10H,1H3. The molecule has 0 unspecified atom stereocenters. The summed E-state index contributed by atoms with van der Waals surface area (Å²) < 4.78 is 4.72. The molecule has 0 spiro atoms. The zero-order valence-electron chi connectivity index (χ0n) is 16.7. The van der Waals surface area contributed by atoms with E-state index in [1.165, 1.54) is 55.2 Å². The second-order valence-electron chi connectivity index (χ2n) is 7.53. The minimum Gasteiger partial charge on any atom is -0.508 e. The van der Waals surface area contributed by atoms with Crippen LogP contribution in [0.25, 0.3) is 0 Å². The van der Waals surface area contributed by atoms with Crippen LogP contribution in [-0.2, 0) is 4.79 Å². The van der Waals surface area contributed by atoms with Crippen molar-refractivity contribution >= 4 is 5.97 Å². The molecule has 0 fully saturated rings. The fourth-order valence-corrected chi connectivity index (χ4v) is 2.48. The van der Waals surface area contributed by atoms with Gasteiger partial charge in [-0.25, -0.2) is 0 Å². The Kier molecular flexibility index (Phi) is 8.91. The van der Waals surface area contributed by atoms with Gasteiger partial charge in [0, 0.05) is 6.92 Å².